The van der Waals surface area contributed by atoms with E-state index in [4.69, 9.17) is 9.47 Å². The van der Waals surface area contributed by atoms with Crippen LogP contribution in [0.4, 0.5) is 4.79 Å². The Hall–Kier alpha value is -2.44. The first-order valence-corrected chi connectivity index (χ1v) is 9.96. The van der Waals surface area contributed by atoms with Crippen molar-refractivity contribution in [3.8, 4) is 11.5 Å². The van der Waals surface area contributed by atoms with Crippen LogP contribution in [-0.4, -0.2) is 50.2 Å². The summed E-state index contributed by atoms with van der Waals surface area (Å²) in [5, 5.41) is 5.90. The standard InChI is InChI=1S/C21H33N3O4/c1-15(2)23-21(26)24-11-5-6-16(14-24)7-10-20(25)22-13-17-8-9-18(27-3)12-19(17)28-4/h8-9,12,15-16H,5-7,10-11,13-14H2,1-4H3,(H,22,25)(H,23,26)/t16-/m1/s1. The first-order chi connectivity index (χ1) is 13.4. The van der Waals surface area contributed by atoms with Crippen LogP contribution < -0.4 is 20.1 Å². The molecule has 0 aromatic heterocycles. The van der Waals surface area contributed by atoms with Crippen LogP contribution >= 0.6 is 0 Å². The van der Waals surface area contributed by atoms with Gasteiger partial charge in [-0.1, -0.05) is 0 Å². The van der Waals surface area contributed by atoms with Crippen LogP contribution in [0.25, 0.3) is 0 Å². The molecule has 1 saturated heterocycles. The highest BCUT2D eigenvalue weighted by Gasteiger charge is 2.24. The molecule has 1 heterocycles. The summed E-state index contributed by atoms with van der Waals surface area (Å²) >= 11 is 0. The monoisotopic (exact) mass is 391 g/mol. The van der Waals surface area contributed by atoms with Crippen molar-refractivity contribution in [2.75, 3.05) is 27.3 Å². The molecule has 0 unspecified atom stereocenters. The van der Waals surface area contributed by atoms with Crippen molar-refractivity contribution in [2.45, 2.75) is 52.1 Å². The summed E-state index contributed by atoms with van der Waals surface area (Å²) in [5.74, 6) is 1.79. The Morgan fingerprint density at radius 3 is 2.71 bits per heavy atom. The molecule has 1 fully saturated rings. The number of methoxy groups -OCH3 is 2. The summed E-state index contributed by atoms with van der Waals surface area (Å²) < 4.78 is 10.6. The lowest BCUT2D eigenvalue weighted by Crippen LogP contribution is -2.47. The summed E-state index contributed by atoms with van der Waals surface area (Å²) in [6.07, 6.45) is 3.30. The minimum absolute atomic E-state index is 0.00393. The molecule has 156 valence electrons. The molecule has 0 bridgehead atoms. The van der Waals surface area contributed by atoms with E-state index >= 15 is 0 Å². The van der Waals surface area contributed by atoms with Gasteiger partial charge in [0, 0.05) is 43.7 Å². The summed E-state index contributed by atoms with van der Waals surface area (Å²) in [5.41, 5.74) is 0.908. The average molecular weight is 392 g/mol. The molecule has 2 rings (SSSR count). The highest BCUT2D eigenvalue weighted by Crippen LogP contribution is 2.25. The van der Waals surface area contributed by atoms with Crippen LogP contribution in [0.3, 0.4) is 0 Å². The van der Waals surface area contributed by atoms with Crippen molar-refractivity contribution in [1.29, 1.82) is 0 Å². The first kappa shape index (κ1) is 21.9. The Morgan fingerprint density at radius 1 is 1.25 bits per heavy atom. The van der Waals surface area contributed by atoms with Crippen LogP contribution in [0.1, 0.15) is 45.1 Å². The zero-order chi connectivity index (χ0) is 20.5. The van der Waals surface area contributed by atoms with Gasteiger partial charge in [0.1, 0.15) is 11.5 Å². The second kappa shape index (κ2) is 10.8. The summed E-state index contributed by atoms with van der Waals surface area (Å²) in [4.78, 5) is 26.3. The molecular formula is C21H33N3O4. The number of carbonyl (C=O) groups excluding carboxylic acids is 2. The lowest BCUT2D eigenvalue weighted by molar-refractivity contribution is -0.121. The highest BCUT2D eigenvalue weighted by molar-refractivity contribution is 5.76. The maximum atomic E-state index is 12.3. The van der Waals surface area contributed by atoms with E-state index < -0.39 is 0 Å². The van der Waals surface area contributed by atoms with E-state index in [0.717, 1.165) is 43.7 Å². The van der Waals surface area contributed by atoms with E-state index in [1.165, 1.54) is 0 Å². The van der Waals surface area contributed by atoms with Gasteiger partial charge in [0.05, 0.1) is 14.2 Å². The zero-order valence-electron chi connectivity index (χ0n) is 17.4. The number of ether oxygens (including phenoxy) is 2. The van der Waals surface area contributed by atoms with Crippen LogP contribution in [0.5, 0.6) is 11.5 Å². The van der Waals surface area contributed by atoms with Gasteiger partial charge in [0.25, 0.3) is 0 Å². The maximum Gasteiger partial charge on any atom is 0.317 e. The molecule has 1 atom stereocenters. The molecule has 1 aliphatic heterocycles. The molecule has 0 saturated carbocycles. The van der Waals surface area contributed by atoms with E-state index in [0.29, 0.717) is 24.6 Å². The topological polar surface area (TPSA) is 79.9 Å². The zero-order valence-corrected chi connectivity index (χ0v) is 17.4. The smallest absolute Gasteiger partial charge is 0.317 e. The molecule has 7 nitrogen and oxygen atoms in total. The van der Waals surface area contributed by atoms with Gasteiger partial charge >= 0.3 is 6.03 Å². The minimum atomic E-state index is -0.00393. The van der Waals surface area contributed by atoms with Gasteiger partial charge in [-0.05, 0) is 51.2 Å². The van der Waals surface area contributed by atoms with E-state index in [9.17, 15) is 9.59 Å². The van der Waals surface area contributed by atoms with Gasteiger partial charge < -0.3 is 25.0 Å². The van der Waals surface area contributed by atoms with Gasteiger partial charge in [-0.15, -0.1) is 0 Å². The number of likely N-dealkylation sites (tertiary alicyclic amines) is 1. The van der Waals surface area contributed by atoms with E-state index in [1.54, 1.807) is 20.3 Å². The third kappa shape index (κ3) is 6.62. The lowest BCUT2D eigenvalue weighted by atomic mass is 9.93. The number of rotatable bonds is 8. The fraction of sp³-hybridized carbons (Fsp3) is 0.619. The lowest BCUT2D eigenvalue weighted by Gasteiger charge is -2.33. The fourth-order valence-corrected chi connectivity index (χ4v) is 3.44. The summed E-state index contributed by atoms with van der Waals surface area (Å²) in [6, 6.07) is 5.68. The highest BCUT2D eigenvalue weighted by atomic mass is 16.5. The number of nitrogens with zero attached hydrogens (tertiary/aromatic N) is 1. The van der Waals surface area contributed by atoms with Crippen molar-refractivity contribution >= 4 is 11.9 Å². The molecule has 0 radical (unpaired) electrons. The van der Waals surface area contributed by atoms with Crippen LogP contribution in [0.15, 0.2) is 18.2 Å². The second-order valence-corrected chi connectivity index (χ2v) is 7.55. The largest absolute Gasteiger partial charge is 0.497 e. The Labute approximate surface area is 167 Å². The number of hydrogen-bond donors (Lipinski definition) is 2. The SMILES string of the molecule is COc1ccc(CNC(=O)CC[C@H]2CCCN(C(=O)NC(C)C)C2)c(OC)c1. The third-order valence-corrected chi connectivity index (χ3v) is 4.97. The Bertz CT molecular complexity index is 663. The minimum Gasteiger partial charge on any atom is -0.497 e. The first-order valence-electron chi connectivity index (χ1n) is 9.96. The van der Waals surface area contributed by atoms with Crippen LogP contribution in [0, 0.1) is 5.92 Å². The van der Waals surface area contributed by atoms with Gasteiger partial charge in [0.2, 0.25) is 5.91 Å². The average Bonchev–Trinajstić information content (AvgIpc) is 2.70. The fourth-order valence-electron chi connectivity index (χ4n) is 3.44. The Kier molecular flexibility index (Phi) is 8.42. The van der Waals surface area contributed by atoms with Gasteiger partial charge in [0.15, 0.2) is 0 Å². The molecule has 1 aromatic rings. The van der Waals surface area contributed by atoms with Gasteiger partial charge in [-0.2, -0.15) is 0 Å². The molecule has 2 N–H and O–H groups in total. The predicted octanol–water partition coefficient (Wildman–Crippen LogP) is 2.93. The number of piperidine rings is 1. The van der Waals surface area contributed by atoms with Crippen molar-refractivity contribution in [3.05, 3.63) is 23.8 Å². The summed E-state index contributed by atoms with van der Waals surface area (Å²) in [7, 11) is 3.21. The normalized spacial score (nSPS) is 16.6. The summed E-state index contributed by atoms with van der Waals surface area (Å²) in [6.45, 7) is 5.85. The van der Waals surface area contributed by atoms with Gasteiger partial charge in [-0.3, -0.25) is 4.79 Å². The van der Waals surface area contributed by atoms with Crippen molar-refractivity contribution < 1.29 is 19.1 Å². The number of urea groups is 1. The van der Waals surface area contributed by atoms with E-state index in [2.05, 4.69) is 10.6 Å². The van der Waals surface area contributed by atoms with Gasteiger partial charge in [-0.25, -0.2) is 4.79 Å². The maximum absolute atomic E-state index is 12.3. The number of amides is 3. The van der Waals surface area contributed by atoms with E-state index in [-0.39, 0.29) is 18.0 Å². The Balaban J connectivity index is 1.77. The molecule has 3 amide bonds. The van der Waals surface area contributed by atoms with Crippen molar-refractivity contribution in [3.63, 3.8) is 0 Å². The molecule has 0 aliphatic carbocycles. The quantitative estimate of drug-likeness (QED) is 0.714. The molecule has 0 spiro atoms. The van der Waals surface area contributed by atoms with Crippen molar-refractivity contribution in [2.24, 2.45) is 5.92 Å². The molecule has 28 heavy (non-hydrogen) atoms. The van der Waals surface area contributed by atoms with Crippen LogP contribution in [0.2, 0.25) is 0 Å². The van der Waals surface area contributed by atoms with E-state index in [1.807, 2.05) is 30.9 Å². The molecule has 1 aliphatic rings. The molecule has 1 aromatic carbocycles. The number of benzene rings is 1. The number of nitrogens with one attached hydrogen (secondary N) is 2. The molecule has 7 heteroatoms. The van der Waals surface area contributed by atoms with Crippen LogP contribution in [-0.2, 0) is 11.3 Å². The molecular weight excluding hydrogens is 358 g/mol. The predicted molar refractivity (Wildman–Crippen MR) is 109 cm³/mol. The second-order valence-electron chi connectivity index (χ2n) is 7.55. The number of carbonyl (C=O) groups is 2. The third-order valence-electron chi connectivity index (χ3n) is 4.97. The Morgan fingerprint density at radius 2 is 2.04 bits per heavy atom. The number of hydrogen-bond acceptors (Lipinski definition) is 4. The van der Waals surface area contributed by atoms with Crippen molar-refractivity contribution in [1.82, 2.24) is 15.5 Å².